The standard InChI is InChI=1S/C24H20N2O5S/c1-30-19-11-13-20(14-12-19)32(28,29)26-22-10-3-2-9-21(22)24(27)31-16-18-7-4-6-17-8-5-15-25-23(17)18/h2-15,26H,16H2,1H3. The van der Waals surface area contributed by atoms with Crippen molar-refractivity contribution in [3.63, 3.8) is 0 Å². The summed E-state index contributed by atoms with van der Waals surface area (Å²) in [6.45, 7) is 0.00670. The van der Waals surface area contributed by atoms with E-state index in [9.17, 15) is 13.2 Å². The van der Waals surface area contributed by atoms with E-state index in [1.54, 1.807) is 30.5 Å². The maximum Gasteiger partial charge on any atom is 0.340 e. The normalized spacial score (nSPS) is 11.2. The Morgan fingerprint density at radius 1 is 0.938 bits per heavy atom. The van der Waals surface area contributed by atoms with Crippen molar-refractivity contribution in [3.05, 3.63) is 96.2 Å². The summed E-state index contributed by atoms with van der Waals surface area (Å²) in [6, 6.07) is 21.6. The molecular weight excluding hydrogens is 428 g/mol. The Morgan fingerprint density at radius 2 is 1.69 bits per heavy atom. The van der Waals surface area contributed by atoms with Crippen molar-refractivity contribution >= 4 is 32.6 Å². The zero-order valence-corrected chi connectivity index (χ0v) is 18.0. The van der Waals surface area contributed by atoms with E-state index in [4.69, 9.17) is 9.47 Å². The zero-order valence-electron chi connectivity index (χ0n) is 17.2. The van der Waals surface area contributed by atoms with E-state index in [0.29, 0.717) is 5.75 Å². The van der Waals surface area contributed by atoms with Crippen LogP contribution in [0.2, 0.25) is 0 Å². The van der Waals surface area contributed by atoms with Gasteiger partial charge in [-0.05, 0) is 42.5 Å². The molecule has 1 N–H and O–H groups in total. The highest BCUT2D eigenvalue weighted by Crippen LogP contribution is 2.23. The van der Waals surface area contributed by atoms with Gasteiger partial charge in [-0.25, -0.2) is 13.2 Å². The van der Waals surface area contributed by atoms with Gasteiger partial charge < -0.3 is 9.47 Å². The summed E-state index contributed by atoms with van der Waals surface area (Å²) in [5, 5.41) is 0.939. The van der Waals surface area contributed by atoms with Crippen molar-refractivity contribution in [3.8, 4) is 5.75 Å². The lowest BCUT2D eigenvalue weighted by Crippen LogP contribution is -2.16. The van der Waals surface area contributed by atoms with Crippen LogP contribution in [0.1, 0.15) is 15.9 Å². The summed E-state index contributed by atoms with van der Waals surface area (Å²) in [7, 11) is -2.42. The third-order valence-electron chi connectivity index (χ3n) is 4.84. The van der Waals surface area contributed by atoms with E-state index in [0.717, 1.165) is 16.5 Å². The number of carbonyl (C=O) groups excluding carboxylic acids is 1. The molecule has 0 atom stereocenters. The monoisotopic (exact) mass is 448 g/mol. The number of esters is 1. The molecule has 7 nitrogen and oxygen atoms in total. The predicted molar refractivity (Wildman–Crippen MR) is 121 cm³/mol. The maximum absolute atomic E-state index is 12.8. The van der Waals surface area contributed by atoms with Crippen LogP contribution >= 0.6 is 0 Å². The van der Waals surface area contributed by atoms with E-state index < -0.39 is 16.0 Å². The molecule has 8 heteroatoms. The van der Waals surface area contributed by atoms with Crippen molar-refractivity contribution in [2.24, 2.45) is 0 Å². The fraction of sp³-hybridized carbons (Fsp3) is 0.0833. The number of anilines is 1. The van der Waals surface area contributed by atoms with Gasteiger partial charge in [-0.15, -0.1) is 0 Å². The second-order valence-electron chi connectivity index (χ2n) is 6.90. The third-order valence-corrected chi connectivity index (χ3v) is 6.22. The Kier molecular flexibility index (Phi) is 6.04. The average molecular weight is 449 g/mol. The molecule has 32 heavy (non-hydrogen) atoms. The lowest BCUT2D eigenvalue weighted by molar-refractivity contribution is 0.0475. The van der Waals surface area contributed by atoms with Crippen LogP contribution < -0.4 is 9.46 Å². The number of nitrogens with zero attached hydrogens (tertiary/aromatic N) is 1. The van der Waals surface area contributed by atoms with Gasteiger partial charge in [0.15, 0.2) is 0 Å². The van der Waals surface area contributed by atoms with Crippen molar-refractivity contribution < 1.29 is 22.7 Å². The van der Waals surface area contributed by atoms with Crippen molar-refractivity contribution in [1.29, 1.82) is 0 Å². The molecule has 0 aliphatic rings. The fourth-order valence-corrected chi connectivity index (χ4v) is 4.29. The number of benzene rings is 3. The van der Waals surface area contributed by atoms with Gasteiger partial charge in [0.1, 0.15) is 12.4 Å². The molecule has 0 bridgehead atoms. The van der Waals surface area contributed by atoms with Crippen LogP contribution in [0.3, 0.4) is 0 Å². The Morgan fingerprint density at radius 3 is 2.47 bits per heavy atom. The highest BCUT2D eigenvalue weighted by molar-refractivity contribution is 7.92. The molecule has 4 aromatic rings. The molecule has 0 spiro atoms. The number of methoxy groups -OCH3 is 1. The summed E-state index contributed by atoms with van der Waals surface area (Å²) < 4.78 is 38.6. The molecule has 1 heterocycles. The molecule has 0 amide bonds. The number of pyridine rings is 1. The number of hydrogen-bond donors (Lipinski definition) is 1. The van der Waals surface area contributed by atoms with Crippen molar-refractivity contribution in [1.82, 2.24) is 4.98 Å². The summed E-state index contributed by atoms with van der Waals surface area (Å²) >= 11 is 0. The van der Waals surface area contributed by atoms with Crippen molar-refractivity contribution in [2.75, 3.05) is 11.8 Å². The van der Waals surface area contributed by atoms with Gasteiger partial charge in [-0.3, -0.25) is 9.71 Å². The number of carbonyl (C=O) groups is 1. The molecule has 1 aromatic heterocycles. The molecule has 0 radical (unpaired) electrons. The van der Waals surface area contributed by atoms with Crippen LogP contribution in [0.5, 0.6) is 5.75 Å². The highest BCUT2D eigenvalue weighted by Gasteiger charge is 2.20. The Bertz CT molecular complexity index is 1360. The lowest BCUT2D eigenvalue weighted by atomic mass is 10.1. The minimum atomic E-state index is -3.91. The number of hydrogen-bond acceptors (Lipinski definition) is 6. The maximum atomic E-state index is 12.8. The molecule has 0 saturated heterocycles. The van der Waals surface area contributed by atoms with E-state index in [-0.39, 0.29) is 22.8 Å². The van der Waals surface area contributed by atoms with E-state index >= 15 is 0 Å². The minimum absolute atomic E-state index is 0.00670. The largest absolute Gasteiger partial charge is 0.497 e. The number of aromatic nitrogens is 1. The second kappa shape index (κ2) is 9.07. The lowest BCUT2D eigenvalue weighted by Gasteiger charge is -2.13. The van der Waals surface area contributed by atoms with Crippen LogP contribution in [0.4, 0.5) is 5.69 Å². The van der Waals surface area contributed by atoms with Crippen molar-refractivity contribution in [2.45, 2.75) is 11.5 Å². The van der Waals surface area contributed by atoms with Crippen LogP contribution in [-0.4, -0.2) is 26.5 Å². The number of para-hydroxylation sites is 2. The first-order valence-electron chi connectivity index (χ1n) is 9.73. The Hall–Kier alpha value is -3.91. The average Bonchev–Trinajstić information content (AvgIpc) is 2.82. The van der Waals surface area contributed by atoms with Gasteiger partial charge in [0.05, 0.1) is 28.8 Å². The van der Waals surface area contributed by atoms with Crippen LogP contribution in [0.25, 0.3) is 10.9 Å². The minimum Gasteiger partial charge on any atom is -0.497 e. The SMILES string of the molecule is COc1ccc(S(=O)(=O)Nc2ccccc2C(=O)OCc2cccc3cccnc23)cc1. The topological polar surface area (TPSA) is 94.6 Å². The summed E-state index contributed by atoms with van der Waals surface area (Å²) in [5.74, 6) is -0.109. The first kappa shape index (κ1) is 21.3. The number of nitrogens with one attached hydrogen (secondary N) is 1. The number of fused-ring (bicyclic) bond motifs is 1. The van der Waals surface area contributed by atoms with E-state index in [1.807, 2.05) is 30.3 Å². The smallest absolute Gasteiger partial charge is 0.340 e. The van der Waals surface area contributed by atoms with Crippen LogP contribution in [-0.2, 0) is 21.4 Å². The molecule has 0 unspecified atom stereocenters. The number of ether oxygens (including phenoxy) is 2. The van der Waals surface area contributed by atoms with Gasteiger partial charge in [-0.1, -0.05) is 36.4 Å². The number of sulfonamides is 1. The molecule has 162 valence electrons. The number of rotatable bonds is 7. The fourth-order valence-electron chi connectivity index (χ4n) is 3.21. The summed E-state index contributed by atoms with van der Waals surface area (Å²) in [6.07, 6.45) is 1.68. The second-order valence-corrected chi connectivity index (χ2v) is 8.58. The Balaban J connectivity index is 1.54. The summed E-state index contributed by atoms with van der Waals surface area (Å²) in [4.78, 5) is 17.2. The summed E-state index contributed by atoms with van der Waals surface area (Å²) in [5.41, 5.74) is 1.74. The molecule has 0 aliphatic heterocycles. The third kappa shape index (κ3) is 4.55. The van der Waals surface area contributed by atoms with Crippen LogP contribution in [0, 0.1) is 0 Å². The van der Waals surface area contributed by atoms with Gasteiger partial charge in [0, 0.05) is 17.1 Å². The van der Waals surface area contributed by atoms with Gasteiger partial charge in [0.2, 0.25) is 0 Å². The van der Waals surface area contributed by atoms with Gasteiger partial charge in [0.25, 0.3) is 10.0 Å². The van der Waals surface area contributed by atoms with E-state index in [1.165, 1.54) is 31.4 Å². The van der Waals surface area contributed by atoms with E-state index in [2.05, 4.69) is 9.71 Å². The molecule has 0 aliphatic carbocycles. The quantitative estimate of drug-likeness (QED) is 0.421. The Labute approximate surface area is 185 Å². The van der Waals surface area contributed by atoms with Gasteiger partial charge >= 0.3 is 5.97 Å². The van der Waals surface area contributed by atoms with Crippen LogP contribution in [0.15, 0.2) is 90.0 Å². The predicted octanol–water partition coefficient (Wildman–Crippen LogP) is 4.40. The molecule has 3 aromatic carbocycles. The molecule has 0 fully saturated rings. The molecule has 0 saturated carbocycles. The first-order chi connectivity index (χ1) is 15.5. The molecule has 4 rings (SSSR count). The highest BCUT2D eigenvalue weighted by atomic mass is 32.2. The zero-order chi connectivity index (χ0) is 22.6. The van der Waals surface area contributed by atoms with Gasteiger partial charge in [-0.2, -0.15) is 0 Å². The molecular formula is C24H20N2O5S. The first-order valence-corrected chi connectivity index (χ1v) is 11.2.